The van der Waals surface area contributed by atoms with Crippen molar-refractivity contribution in [3.63, 3.8) is 0 Å². The summed E-state index contributed by atoms with van der Waals surface area (Å²) in [6.45, 7) is 0.310. The Kier molecular flexibility index (Phi) is 1.22. The molecule has 0 saturated carbocycles. The quantitative estimate of drug-likeness (QED) is 0.453. The molecule has 44 valence electrons. The topological polar surface area (TPSA) is 64.6 Å². The van der Waals surface area contributed by atoms with Gasteiger partial charge in [0.25, 0.3) is 0 Å². The van der Waals surface area contributed by atoms with E-state index in [0.29, 0.717) is 0 Å². The first-order valence-electron chi connectivity index (χ1n) is 1.74. The molecule has 4 nitrogen and oxygen atoms in total. The maximum atomic E-state index is 9.99. The van der Waals surface area contributed by atoms with Gasteiger partial charge in [-0.15, -0.1) is 0 Å². The number of hydrogen-bond acceptors (Lipinski definition) is 4. The molecule has 5 heteroatoms. The summed E-state index contributed by atoms with van der Waals surface area (Å²) in [6, 6.07) is 0. The number of rotatable bonds is 0. The molecular weight excluding hydrogens is 120 g/mol. The standard InChI is InChI=1S/C2H6O4S/c3-7(4)5-1-2-6-7/h3-4H,1-2H2/p-2. The molecule has 0 amide bonds. The van der Waals surface area contributed by atoms with Crippen LogP contribution in [0.15, 0.2) is 0 Å². The smallest absolute Gasteiger partial charge is 0.0837 e. The van der Waals surface area contributed by atoms with E-state index in [2.05, 4.69) is 8.37 Å². The molecule has 1 aliphatic heterocycles. The lowest BCUT2D eigenvalue weighted by molar-refractivity contribution is 0.246. The van der Waals surface area contributed by atoms with Gasteiger partial charge in [0.2, 0.25) is 0 Å². The van der Waals surface area contributed by atoms with Crippen LogP contribution in [-0.4, -0.2) is 22.3 Å². The van der Waals surface area contributed by atoms with Gasteiger partial charge in [-0.3, -0.25) is 0 Å². The minimum absolute atomic E-state index is 0.155. The fraction of sp³-hybridized carbons (Fsp3) is 1.00. The summed E-state index contributed by atoms with van der Waals surface area (Å²) in [5.74, 6) is 0. The van der Waals surface area contributed by atoms with Crippen LogP contribution in [0.4, 0.5) is 0 Å². The van der Waals surface area contributed by atoms with E-state index < -0.39 is 11.2 Å². The Morgan fingerprint density at radius 3 is 1.71 bits per heavy atom. The summed E-state index contributed by atoms with van der Waals surface area (Å²) in [7, 11) is 0. The van der Waals surface area contributed by atoms with Crippen molar-refractivity contribution in [2.75, 3.05) is 13.2 Å². The van der Waals surface area contributed by atoms with Gasteiger partial charge in [0, 0.05) is 0 Å². The second-order valence-corrected chi connectivity index (χ2v) is 2.34. The average Bonchev–Trinajstić information content (AvgIpc) is 1.84. The first kappa shape index (κ1) is 5.33. The fourth-order valence-electron chi connectivity index (χ4n) is 0.306. The second-order valence-electron chi connectivity index (χ2n) is 1.05. The molecule has 1 aliphatic rings. The van der Waals surface area contributed by atoms with Crippen LogP contribution >= 0.6 is 11.2 Å². The van der Waals surface area contributed by atoms with Crippen LogP contribution in [0.25, 0.3) is 0 Å². The molecule has 0 atom stereocenters. The Morgan fingerprint density at radius 1 is 1.14 bits per heavy atom. The molecule has 0 aromatic carbocycles. The lowest BCUT2D eigenvalue weighted by atomic mass is 10.8. The minimum Gasteiger partial charge on any atom is -0.783 e. The van der Waals surface area contributed by atoms with Gasteiger partial charge in [0.05, 0.1) is 13.2 Å². The molecular formula is C2H4O4S-2. The first-order chi connectivity index (χ1) is 3.21. The molecule has 1 heterocycles. The molecule has 0 aromatic heterocycles. The molecule has 0 aliphatic carbocycles. The van der Waals surface area contributed by atoms with Crippen molar-refractivity contribution in [1.29, 1.82) is 0 Å². The van der Waals surface area contributed by atoms with Gasteiger partial charge in [-0.2, -0.15) is 11.2 Å². The van der Waals surface area contributed by atoms with Crippen LogP contribution in [0.5, 0.6) is 0 Å². The van der Waals surface area contributed by atoms with E-state index in [4.69, 9.17) is 0 Å². The van der Waals surface area contributed by atoms with Gasteiger partial charge in [-0.05, 0) is 0 Å². The molecule has 0 unspecified atom stereocenters. The predicted molar refractivity (Wildman–Crippen MR) is 21.0 cm³/mol. The molecule has 0 spiro atoms. The summed E-state index contributed by atoms with van der Waals surface area (Å²) in [5, 5.41) is 0. The lowest BCUT2D eigenvalue weighted by Gasteiger charge is -2.45. The van der Waals surface area contributed by atoms with E-state index in [-0.39, 0.29) is 13.2 Å². The van der Waals surface area contributed by atoms with Crippen LogP contribution < -0.4 is 0 Å². The Balaban J connectivity index is 2.40. The zero-order valence-corrected chi connectivity index (χ0v) is 4.27. The zero-order chi connectivity index (χ0) is 5.33. The van der Waals surface area contributed by atoms with Crippen LogP contribution in [0.2, 0.25) is 0 Å². The molecule has 7 heavy (non-hydrogen) atoms. The summed E-state index contributed by atoms with van der Waals surface area (Å²) < 4.78 is 28.2. The van der Waals surface area contributed by atoms with Crippen molar-refractivity contribution >= 4 is 11.2 Å². The van der Waals surface area contributed by atoms with Crippen molar-refractivity contribution in [3.8, 4) is 0 Å². The molecule has 1 rings (SSSR count). The van der Waals surface area contributed by atoms with Gasteiger partial charge >= 0.3 is 0 Å². The molecule has 0 N–H and O–H groups in total. The van der Waals surface area contributed by atoms with Gasteiger partial charge in [-0.25, -0.2) is 0 Å². The highest BCUT2D eigenvalue weighted by Crippen LogP contribution is 2.43. The molecule has 0 aromatic rings. The highest BCUT2D eigenvalue weighted by atomic mass is 32.3. The molecule has 1 fully saturated rings. The highest BCUT2D eigenvalue weighted by molar-refractivity contribution is 8.15. The SMILES string of the molecule is [O-]S1([O-])OCCO1. The average molecular weight is 124 g/mol. The van der Waals surface area contributed by atoms with E-state index in [1.807, 2.05) is 0 Å². The Bertz CT molecular complexity index is 64.1. The Morgan fingerprint density at radius 2 is 1.57 bits per heavy atom. The van der Waals surface area contributed by atoms with Crippen molar-refractivity contribution in [1.82, 2.24) is 0 Å². The largest absolute Gasteiger partial charge is 0.783 e. The Hall–Kier alpha value is 0.190. The van der Waals surface area contributed by atoms with Crippen molar-refractivity contribution in [3.05, 3.63) is 0 Å². The summed E-state index contributed by atoms with van der Waals surface area (Å²) in [6.07, 6.45) is 0. The normalized spacial score (nSPS) is 32.9. The van der Waals surface area contributed by atoms with Gasteiger partial charge < -0.3 is 17.5 Å². The van der Waals surface area contributed by atoms with Crippen molar-refractivity contribution < 1.29 is 17.5 Å². The summed E-state index contributed by atoms with van der Waals surface area (Å²) in [4.78, 5) is 0. The van der Waals surface area contributed by atoms with Gasteiger partial charge in [-0.1, -0.05) is 0 Å². The maximum Gasteiger partial charge on any atom is 0.0837 e. The van der Waals surface area contributed by atoms with Crippen molar-refractivity contribution in [2.45, 2.75) is 0 Å². The highest BCUT2D eigenvalue weighted by Gasteiger charge is 2.04. The zero-order valence-electron chi connectivity index (χ0n) is 3.46. The number of hydrogen-bond donors (Lipinski definition) is 0. The van der Waals surface area contributed by atoms with Crippen LogP contribution in [-0.2, 0) is 8.37 Å². The predicted octanol–water partition coefficient (Wildman–Crippen LogP) is -0.0714. The van der Waals surface area contributed by atoms with E-state index in [1.54, 1.807) is 0 Å². The summed E-state index contributed by atoms with van der Waals surface area (Å²) >= 11 is -3.55. The maximum absolute atomic E-state index is 9.99. The van der Waals surface area contributed by atoms with E-state index in [0.717, 1.165) is 0 Å². The van der Waals surface area contributed by atoms with Crippen LogP contribution in [0.1, 0.15) is 0 Å². The van der Waals surface area contributed by atoms with Crippen molar-refractivity contribution in [2.24, 2.45) is 0 Å². The summed E-state index contributed by atoms with van der Waals surface area (Å²) in [5.41, 5.74) is 0. The molecule has 0 radical (unpaired) electrons. The third-order valence-electron chi connectivity index (χ3n) is 0.539. The van der Waals surface area contributed by atoms with E-state index in [9.17, 15) is 9.11 Å². The van der Waals surface area contributed by atoms with E-state index >= 15 is 0 Å². The fourth-order valence-corrected chi connectivity index (χ4v) is 0.919. The van der Waals surface area contributed by atoms with Crippen LogP contribution in [0, 0.1) is 0 Å². The molecule has 0 bridgehead atoms. The van der Waals surface area contributed by atoms with Gasteiger partial charge in [0.1, 0.15) is 0 Å². The Labute approximate surface area is 42.8 Å². The second kappa shape index (κ2) is 1.61. The minimum atomic E-state index is -3.55. The monoisotopic (exact) mass is 124 g/mol. The van der Waals surface area contributed by atoms with Gasteiger partial charge in [0.15, 0.2) is 0 Å². The lowest BCUT2D eigenvalue weighted by Crippen LogP contribution is -1.93. The third-order valence-corrected chi connectivity index (χ3v) is 1.45. The third kappa shape index (κ3) is 1.29. The first-order valence-corrected chi connectivity index (χ1v) is 3.08. The van der Waals surface area contributed by atoms with E-state index in [1.165, 1.54) is 0 Å². The molecule has 1 saturated heterocycles. The van der Waals surface area contributed by atoms with Crippen LogP contribution in [0.3, 0.4) is 0 Å².